The number of hydrogen-bond acceptors (Lipinski definition) is 4. The van der Waals surface area contributed by atoms with Gasteiger partial charge in [0.1, 0.15) is 5.60 Å². The van der Waals surface area contributed by atoms with Crippen molar-refractivity contribution >= 4 is 12.1 Å². The Kier molecular flexibility index (Phi) is 9.86. The van der Waals surface area contributed by atoms with Crippen molar-refractivity contribution in [2.75, 3.05) is 20.2 Å². The molecule has 0 aliphatic carbocycles. The van der Waals surface area contributed by atoms with Crippen LogP contribution in [-0.4, -0.2) is 42.8 Å². The number of carbonyl (C=O) groups is 2. The van der Waals surface area contributed by atoms with E-state index in [9.17, 15) is 9.59 Å². The van der Waals surface area contributed by atoms with Gasteiger partial charge in [-0.2, -0.15) is 0 Å². The first-order valence-corrected chi connectivity index (χ1v) is 8.32. The van der Waals surface area contributed by atoms with Crippen LogP contribution in [0.1, 0.15) is 66.7 Å². The van der Waals surface area contributed by atoms with Crippen molar-refractivity contribution in [2.24, 2.45) is 5.92 Å². The van der Waals surface area contributed by atoms with Gasteiger partial charge in [0.05, 0.1) is 12.5 Å². The monoisotopic (exact) mass is 315 g/mol. The van der Waals surface area contributed by atoms with E-state index < -0.39 is 5.60 Å². The van der Waals surface area contributed by atoms with Crippen LogP contribution in [0.4, 0.5) is 4.79 Å². The van der Waals surface area contributed by atoms with Crippen molar-refractivity contribution in [3.05, 3.63) is 0 Å². The molecular formula is C17H33NO4. The number of rotatable bonds is 9. The molecule has 0 aromatic carbocycles. The SMILES string of the molecule is CCCCCC(CCN(C)C(=O)OC(C)(C)C)C(=O)OCC. The lowest BCUT2D eigenvalue weighted by Gasteiger charge is -2.25. The van der Waals surface area contributed by atoms with Gasteiger partial charge in [0.25, 0.3) is 0 Å². The number of amides is 1. The zero-order valence-corrected chi connectivity index (χ0v) is 15.1. The lowest BCUT2D eigenvalue weighted by atomic mass is 9.97. The molecule has 0 bridgehead atoms. The maximum absolute atomic E-state index is 12.0. The fourth-order valence-corrected chi connectivity index (χ4v) is 2.06. The normalized spacial score (nSPS) is 12.6. The van der Waals surface area contributed by atoms with Gasteiger partial charge in [-0.05, 0) is 40.5 Å². The third kappa shape index (κ3) is 9.64. The number of carbonyl (C=O) groups excluding carboxylic acids is 2. The summed E-state index contributed by atoms with van der Waals surface area (Å²) in [6, 6.07) is 0. The molecule has 0 aliphatic heterocycles. The van der Waals surface area contributed by atoms with E-state index in [1.165, 1.54) is 4.90 Å². The van der Waals surface area contributed by atoms with E-state index in [0.29, 0.717) is 19.6 Å². The summed E-state index contributed by atoms with van der Waals surface area (Å²) in [5.41, 5.74) is -0.507. The Balaban J connectivity index is 4.40. The molecule has 1 unspecified atom stereocenters. The molecule has 0 aromatic heterocycles. The minimum atomic E-state index is -0.507. The van der Waals surface area contributed by atoms with Crippen molar-refractivity contribution < 1.29 is 19.1 Å². The molecule has 1 atom stereocenters. The Morgan fingerprint density at radius 2 is 1.73 bits per heavy atom. The maximum Gasteiger partial charge on any atom is 0.410 e. The molecule has 5 nitrogen and oxygen atoms in total. The molecule has 0 aromatic rings. The topological polar surface area (TPSA) is 55.8 Å². The quantitative estimate of drug-likeness (QED) is 0.476. The van der Waals surface area contributed by atoms with Gasteiger partial charge in [-0.1, -0.05) is 26.2 Å². The fraction of sp³-hybridized carbons (Fsp3) is 0.882. The van der Waals surface area contributed by atoms with E-state index in [4.69, 9.17) is 9.47 Å². The van der Waals surface area contributed by atoms with Crippen molar-refractivity contribution in [1.29, 1.82) is 0 Å². The van der Waals surface area contributed by atoms with Crippen LogP contribution < -0.4 is 0 Å². The predicted octanol–water partition coefficient (Wildman–Crippen LogP) is 4.00. The zero-order valence-electron chi connectivity index (χ0n) is 15.1. The Bertz CT molecular complexity index is 336. The van der Waals surface area contributed by atoms with Gasteiger partial charge in [-0.25, -0.2) is 4.79 Å². The number of ether oxygens (including phenoxy) is 2. The molecule has 0 aliphatic rings. The highest BCUT2D eigenvalue weighted by atomic mass is 16.6. The van der Waals surface area contributed by atoms with Crippen LogP contribution in [0.5, 0.6) is 0 Å². The Hall–Kier alpha value is -1.26. The van der Waals surface area contributed by atoms with Gasteiger partial charge >= 0.3 is 12.1 Å². The lowest BCUT2D eigenvalue weighted by Crippen LogP contribution is -2.36. The standard InChI is InChI=1S/C17H33NO4/c1-7-9-10-11-14(15(19)21-8-2)12-13-18(6)16(20)22-17(3,4)5/h14H,7-13H2,1-6H3. The minimum absolute atomic E-state index is 0.142. The average molecular weight is 315 g/mol. The van der Waals surface area contributed by atoms with Crippen molar-refractivity contribution in [2.45, 2.75) is 72.3 Å². The first-order valence-electron chi connectivity index (χ1n) is 8.32. The molecule has 0 rings (SSSR count). The summed E-state index contributed by atoms with van der Waals surface area (Å²) >= 11 is 0. The van der Waals surface area contributed by atoms with Crippen LogP contribution >= 0.6 is 0 Å². The van der Waals surface area contributed by atoms with Gasteiger partial charge in [-0.3, -0.25) is 4.79 Å². The number of nitrogens with zero attached hydrogens (tertiary/aromatic N) is 1. The molecule has 0 fully saturated rings. The highest BCUT2D eigenvalue weighted by molar-refractivity contribution is 5.72. The number of unbranched alkanes of at least 4 members (excludes halogenated alkanes) is 2. The third-order valence-corrected chi connectivity index (χ3v) is 3.29. The van der Waals surface area contributed by atoms with Crippen LogP contribution in [0.25, 0.3) is 0 Å². The average Bonchev–Trinajstić information content (AvgIpc) is 2.40. The number of esters is 1. The Morgan fingerprint density at radius 3 is 2.23 bits per heavy atom. The second-order valence-electron chi connectivity index (χ2n) is 6.64. The molecule has 1 amide bonds. The molecule has 0 N–H and O–H groups in total. The van der Waals surface area contributed by atoms with Crippen LogP contribution in [0.15, 0.2) is 0 Å². The highest BCUT2D eigenvalue weighted by Crippen LogP contribution is 2.17. The summed E-state index contributed by atoms with van der Waals surface area (Å²) in [5.74, 6) is -0.299. The second-order valence-corrected chi connectivity index (χ2v) is 6.64. The van der Waals surface area contributed by atoms with Gasteiger partial charge < -0.3 is 14.4 Å². The van der Waals surface area contributed by atoms with Crippen molar-refractivity contribution in [3.8, 4) is 0 Å². The van der Waals surface area contributed by atoms with Crippen LogP contribution in [0.2, 0.25) is 0 Å². The maximum atomic E-state index is 12.0. The molecule has 0 radical (unpaired) electrons. The fourth-order valence-electron chi connectivity index (χ4n) is 2.06. The smallest absolute Gasteiger partial charge is 0.410 e. The molecule has 130 valence electrons. The minimum Gasteiger partial charge on any atom is -0.466 e. The summed E-state index contributed by atoms with van der Waals surface area (Å²) < 4.78 is 10.4. The van der Waals surface area contributed by atoms with Gasteiger partial charge in [0.2, 0.25) is 0 Å². The van der Waals surface area contributed by atoms with Crippen LogP contribution in [-0.2, 0) is 14.3 Å². The van der Waals surface area contributed by atoms with E-state index in [1.807, 2.05) is 27.7 Å². The number of hydrogen-bond donors (Lipinski definition) is 0. The van der Waals surface area contributed by atoms with Crippen LogP contribution in [0.3, 0.4) is 0 Å². The van der Waals surface area contributed by atoms with Crippen molar-refractivity contribution in [1.82, 2.24) is 4.90 Å². The second kappa shape index (κ2) is 10.5. The van der Waals surface area contributed by atoms with E-state index >= 15 is 0 Å². The summed E-state index contributed by atoms with van der Waals surface area (Å²) in [5, 5.41) is 0. The largest absolute Gasteiger partial charge is 0.466 e. The molecular weight excluding hydrogens is 282 g/mol. The highest BCUT2D eigenvalue weighted by Gasteiger charge is 2.23. The first-order chi connectivity index (χ1) is 10.2. The van der Waals surface area contributed by atoms with Gasteiger partial charge in [0, 0.05) is 13.6 Å². The molecule has 0 heterocycles. The zero-order chi connectivity index (χ0) is 17.2. The summed E-state index contributed by atoms with van der Waals surface area (Å²) in [6.45, 7) is 10.3. The summed E-state index contributed by atoms with van der Waals surface area (Å²) in [6.07, 6.45) is 4.30. The molecule has 5 heteroatoms. The Morgan fingerprint density at radius 1 is 1.09 bits per heavy atom. The van der Waals surface area contributed by atoms with E-state index in [0.717, 1.165) is 25.7 Å². The lowest BCUT2D eigenvalue weighted by molar-refractivity contribution is -0.148. The Labute approximate surface area is 135 Å². The molecule has 0 saturated heterocycles. The predicted molar refractivity (Wildman–Crippen MR) is 87.7 cm³/mol. The summed E-state index contributed by atoms with van der Waals surface area (Å²) in [4.78, 5) is 25.4. The molecule has 22 heavy (non-hydrogen) atoms. The van der Waals surface area contributed by atoms with Crippen molar-refractivity contribution in [3.63, 3.8) is 0 Å². The molecule has 0 saturated carbocycles. The first kappa shape index (κ1) is 20.7. The van der Waals surface area contributed by atoms with E-state index in [-0.39, 0.29) is 18.0 Å². The molecule has 0 spiro atoms. The van der Waals surface area contributed by atoms with E-state index in [1.54, 1.807) is 7.05 Å². The van der Waals surface area contributed by atoms with Gasteiger partial charge in [-0.15, -0.1) is 0 Å². The third-order valence-electron chi connectivity index (χ3n) is 3.29. The van der Waals surface area contributed by atoms with Gasteiger partial charge in [0.15, 0.2) is 0 Å². The summed E-state index contributed by atoms with van der Waals surface area (Å²) in [7, 11) is 1.70. The van der Waals surface area contributed by atoms with E-state index in [2.05, 4.69) is 6.92 Å². The van der Waals surface area contributed by atoms with Crippen LogP contribution in [0, 0.1) is 5.92 Å².